The number of guanidine groups is 1. The van der Waals surface area contributed by atoms with Gasteiger partial charge >= 0.3 is 0 Å². The molecule has 1 heterocycles. The Hall–Kier alpha value is -2.04. The van der Waals surface area contributed by atoms with Crippen LogP contribution >= 0.6 is 0 Å². The number of nitrogens with one attached hydrogen (secondary N) is 1. The second-order valence-corrected chi connectivity index (χ2v) is 7.59. The van der Waals surface area contributed by atoms with Gasteiger partial charge < -0.3 is 15.1 Å². The van der Waals surface area contributed by atoms with Crippen molar-refractivity contribution in [2.75, 3.05) is 32.7 Å². The third kappa shape index (κ3) is 4.37. The standard InChI is InChI=1S/C21H32N4O/c1-3-22-20(25-14-13-21(17-25)11-8-12-21)23-15-19(26)24(4-2)16-18-9-6-5-7-10-18/h5-7,9-10H,3-4,8,11-17H2,1-2H3,(H,22,23). The zero-order valence-electron chi connectivity index (χ0n) is 16.2. The monoisotopic (exact) mass is 356 g/mol. The summed E-state index contributed by atoms with van der Waals surface area (Å²) in [6.07, 6.45) is 5.33. The number of aliphatic imine (C=N–C) groups is 1. The van der Waals surface area contributed by atoms with Gasteiger partial charge in [-0.25, -0.2) is 4.99 Å². The van der Waals surface area contributed by atoms with Crippen molar-refractivity contribution in [2.24, 2.45) is 10.4 Å². The SMILES string of the molecule is CCNC(=NCC(=O)N(CC)Cc1ccccc1)N1CCC2(CCC2)C1. The van der Waals surface area contributed by atoms with E-state index in [9.17, 15) is 4.79 Å². The fourth-order valence-electron chi connectivity index (χ4n) is 4.05. The van der Waals surface area contributed by atoms with Crippen molar-refractivity contribution in [1.29, 1.82) is 0 Å². The highest BCUT2D eigenvalue weighted by atomic mass is 16.2. The zero-order chi connectivity index (χ0) is 18.4. The second-order valence-electron chi connectivity index (χ2n) is 7.59. The van der Waals surface area contributed by atoms with E-state index in [-0.39, 0.29) is 12.5 Å². The lowest BCUT2D eigenvalue weighted by molar-refractivity contribution is -0.130. The molecule has 2 fully saturated rings. The molecule has 1 aromatic rings. The molecule has 1 spiro atoms. The van der Waals surface area contributed by atoms with E-state index >= 15 is 0 Å². The Bertz CT molecular complexity index is 624. The van der Waals surface area contributed by atoms with E-state index in [1.54, 1.807) is 0 Å². The van der Waals surface area contributed by atoms with Gasteiger partial charge in [-0.15, -0.1) is 0 Å². The Kier molecular flexibility index (Phi) is 6.17. The highest BCUT2D eigenvalue weighted by Crippen LogP contribution is 2.47. The molecule has 1 saturated carbocycles. The number of likely N-dealkylation sites (N-methyl/N-ethyl adjacent to an activating group) is 1. The summed E-state index contributed by atoms with van der Waals surface area (Å²) in [5.74, 6) is 0.990. The topological polar surface area (TPSA) is 47.9 Å². The van der Waals surface area contributed by atoms with E-state index in [1.807, 2.05) is 30.0 Å². The summed E-state index contributed by atoms with van der Waals surface area (Å²) in [7, 11) is 0. The van der Waals surface area contributed by atoms with E-state index < -0.39 is 0 Å². The summed E-state index contributed by atoms with van der Waals surface area (Å²) >= 11 is 0. The maximum atomic E-state index is 12.7. The Morgan fingerprint density at radius 3 is 2.58 bits per heavy atom. The molecule has 1 aliphatic carbocycles. The number of likely N-dealkylation sites (tertiary alicyclic amines) is 1. The lowest BCUT2D eigenvalue weighted by atomic mass is 9.68. The van der Waals surface area contributed by atoms with Gasteiger partial charge in [0.05, 0.1) is 0 Å². The average molecular weight is 357 g/mol. The van der Waals surface area contributed by atoms with Crippen LogP contribution in [-0.2, 0) is 11.3 Å². The van der Waals surface area contributed by atoms with Gasteiger partial charge in [-0.05, 0) is 44.1 Å². The third-order valence-corrected chi connectivity index (χ3v) is 5.80. The lowest BCUT2D eigenvalue weighted by Gasteiger charge is -2.38. The molecule has 0 radical (unpaired) electrons. The fraction of sp³-hybridized carbons (Fsp3) is 0.619. The molecule has 0 unspecified atom stereocenters. The molecule has 0 aromatic heterocycles. The summed E-state index contributed by atoms with van der Waals surface area (Å²) < 4.78 is 0. The summed E-state index contributed by atoms with van der Waals surface area (Å²) in [6, 6.07) is 10.1. The molecule has 3 rings (SSSR count). The predicted octanol–water partition coefficient (Wildman–Crippen LogP) is 2.88. The predicted molar refractivity (Wildman–Crippen MR) is 106 cm³/mol. The maximum Gasteiger partial charge on any atom is 0.244 e. The molecular weight excluding hydrogens is 324 g/mol. The third-order valence-electron chi connectivity index (χ3n) is 5.80. The van der Waals surface area contributed by atoms with Crippen molar-refractivity contribution in [1.82, 2.24) is 15.1 Å². The first kappa shape index (κ1) is 18.7. The van der Waals surface area contributed by atoms with E-state index in [0.717, 1.165) is 31.2 Å². The molecule has 0 bridgehead atoms. The van der Waals surface area contributed by atoms with Crippen molar-refractivity contribution in [3.05, 3.63) is 35.9 Å². The highest BCUT2D eigenvalue weighted by molar-refractivity contribution is 5.85. The van der Waals surface area contributed by atoms with Crippen LogP contribution in [-0.4, -0.2) is 54.4 Å². The van der Waals surface area contributed by atoms with Crippen LogP contribution in [0.1, 0.15) is 45.1 Å². The zero-order valence-corrected chi connectivity index (χ0v) is 16.2. The van der Waals surface area contributed by atoms with Crippen LogP contribution in [0, 0.1) is 5.41 Å². The molecule has 142 valence electrons. The van der Waals surface area contributed by atoms with Gasteiger partial charge in [0.2, 0.25) is 5.91 Å². The molecule has 1 aliphatic heterocycles. The number of hydrogen-bond acceptors (Lipinski definition) is 2. The van der Waals surface area contributed by atoms with Crippen LogP contribution in [0.25, 0.3) is 0 Å². The molecule has 1 amide bonds. The van der Waals surface area contributed by atoms with Gasteiger partial charge in [-0.2, -0.15) is 0 Å². The molecule has 1 saturated heterocycles. The van der Waals surface area contributed by atoms with Gasteiger partial charge in [-0.3, -0.25) is 4.79 Å². The largest absolute Gasteiger partial charge is 0.357 e. The Labute approximate surface area is 157 Å². The van der Waals surface area contributed by atoms with E-state index in [1.165, 1.54) is 25.7 Å². The second kappa shape index (κ2) is 8.56. The summed E-state index contributed by atoms with van der Waals surface area (Å²) in [5.41, 5.74) is 1.69. The summed E-state index contributed by atoms with van der Waals surface area (Å²) in [5, 5.41) is 3.38. The Morgan fingerprint density at radius 2 is 2.00 bits per heavy atom. The minimum absolute atomic E-state index is 0.0873. The molecule has 26 heavy (non-hydrogen) atoms. The van der Waals surface area contributed by atoms with Gasteiger partial charge in [-0.1, -0.05) is 36.8 Å². The molecule has 1 N–H and O–H groups in total. The maximum absolute atomic E-state index is 12.7. The lowest BCUT2D eigenvalue weighted by Crippen LogP contribution is -2.43. The van der Waals surface area contributed by atoms with E-state index in [0.29, 0.717) is 18.5 Å². The first-order valence-corrected chi connectivity index (χ1v) is 10.0. The highest BCUT2D eigenvalue weighted by Gasteiger charge is 2.43. The van der Waals surface area contributed by atoms with Crippen molar-refractivity contribution >= 4 is 11.9 Å². The molecule has 5 heteroatoms. The van der Waals surface area contributed by atoms with Crippen LogP contribution in [0.2, 0.25) is 0 Å². The molecule has 2 aliphatic rings. The van der Waals surface area contributed by atoms with Gasteiger partial charge in [0.1, 0.15) is 6.54 Å². The number of carbonyl (C=O) groups is 1. The number of rotatable bonds is 6. The number of carbonyl (C=O) groups excluding carboxylic acids is 1. The smallest absolute Gasteiger partial charge is 0.244 e. The molecule has 0 atom stereocenters. The van der Waals surface area contributed by atoms with Crippen LogP contribution in [0.4, 0.5) is 0 Å². The summed E-state index contributed by atoms with van der Waals surface area (Å²) in [6.45, 7) is 8.65. The Balaban J connectivity index is 1.59. The number of amides is 1. The molecular formula is C21H32N4O. The van der Waals surface area contributed by atoms with Crippen LogP contribution < -0.4 is 5.32 Å². The Morgan fingerprint density at radius 1 is 1.23 bits per heavy atom. The normalized spacial score (nSPS) is 18.7. The first-order valence-electron chi connectivity index (χ1n) is 10.0. The minimum atomic E-state index is 0.0873. The van der Waals surface area contributed by atoms with Crippen LogP contribution in [0.3, 0.4) is 0 Å². The van der Waals surface area contributed by atoms with Crippen molar-refractivity contribution in [3.8, 4) is 0 Å². The van der Waals surface area contributed by atoms with Gasteiger partial charge in [0.15, 0.2) is 5.96 Å². The number of nitrogens with zero attached hydrogens (tertiary/aromatic N) is 3. The van der Waals surface area contributed by atoms with Gasteiger partial charge in [0.25, 0.3) is 0 Å². The van der Waals surface area contributed by atoms with Crippen molar-refractivity contribution < 1.29 is 4.79 Å². The number of benzene rings is 1. The first-order chi connectivity index (χ1) is 12.7. The quantitative estimate of drug-likeness (QED) is 0.630. The van der Waals surface area contributed by atoms with Crippen molar-refractivity contribution in [2.45, 2.75) is 46.1 Å². The van der Waals surface area contributed by atoms with Crippen LogP contribution in [0.15, 0.2) is 35.3 Å². The number of hydrogen-bond donors (Lipinski definition) is 1. The van der Waals surface area contributed by atoms with E-state index in [2.05, 4.69) is 34.3 Å². The van der Waals surface area contributed by atoms with Crippen molar-refractivity contribution in [3.63, 3.8) is 0 Å². The molecule has 5 nitrogen and oxygen atoms in total. The summed E-state index contributed by atoms with van der Waals surface area (Å²) in [4.78, 5) is 21.6. The molecule has 1 aromatic carbocycles. The van der Waals surface area contributed by atoms with Gasteiger partial charge in [0, 0.05) is 32.7 Å². The van der Waals surface area contributed by atoms with E-state index in [4.69, 9.17) is 0 Å². The minimum Gasteiger partial charge on any atom is -0.357 e. The van der Waals surface area contributed by atoms with Crippen LogP contribution in [0.5, 0.6) is 0 Å². The average Bonchev–Trinajstić information content (AvgIpc) is 3.10. The fourth-order valence-corrected chi connectivity index (χ4v) is 4.05.